The van der Waals surface area contributed by atoms with Crippen LogP contribution in [0.2, 0.25) is 0 Å². The molecule has 7 heavy (non-hydrogen) atoms. The van der Waals surface area contributed by atoms with Crippen molar-refractivity contribution in [3.8, 4) is 0 Å². The monoisotopic (exact) mass is 272 g/mol. The first kappa shape index (κ1) is 5.95. The number of allylic oxidation sites excluding steroid dienone is 1. The van der Waals surface area contributed by atoms with Crippen molar-refractivity contribution in [2.24, 2.45) is 0 Å². The summed E-state index contributed by atoms with van der Waals surface area (Å²) in [5.41, 5.74) is 0. The number of halogens is 2. The largest absolute Gasteiger partial charge is 0.0984 e. The molecule has 1 heterocycles. The van der Waals surface area contributed by atoms with Crippen LogP contribution in [-0.2, 0) is 0 Å². The van der Waals surface area contributed by atoms with Crippen molar-refractivity contribution in [2.75, 3.05) is 0 Å². The molecule has 2 heteroatoms. The zero-order chi connectivity index (χ0) is 5.11. The Kier molecular flexibility index (Phi) is 2.52. The first-order valence-corrected chi connectivity index (χ1v) is 5.54. The lowest BCUT2D eigenvalue weighted by atomic mass is 10.3. The Hall–Kier alpha value is 0.820. The summed E-state index contributed by atoms with van der Waals surface area (Å²) < 4.78 is 4.68. The molecule has 0 spiro atoms. The number of hydrogen-bond donors (Lipinski definition) is 0. The molecule has 0 aromatic carbocycles. The van der Waals surface area contributed by atoms with E-state index in [1.807, 2.05) is 0 Å². The van der Waals surface area contributed by atoms with Crippen LogP contribution in [0.5, 0.6) is 0 Å². The van der Waals surface area contributed by atoms with Crippen LogP contribution in [0.3, 0.4) is 0 Å². The first-order chi connectivity index (χ1) is 3.39. The quantitative estimate of drug-likeness (QED) is 0.469. The maximum atomic E-state index is 3.49. The summed E-state index contributed by atoms with van der Waals surface area (Å²) in [7, 11) is 0. The topological polar surface area (TPSA) is 0 Å². The molecule has 0 aliphatic carbocycles. The van der Waals surface area contributed by atoms with E-state index in [1.54, 1.807) is 0 Å². The third kappa shape index (κ3) is 2.04. The van der Waals surface area contributed by atoms with Crippen LogP contribution in [0.15, 0.2) is 10.2 Å². The van der Waals surface area contributed by atoms with Gasteiger partial charge in [-0.25, -0.2) is 0 Å². The fourth-order valence-electron chi connectivity index (χ4n) is 0.387. The number of rotatable bonds is 0. The van der Waals surface area contributed by atoms with Crippen molar-refractivity contribution < 1.29 is 0 Å². The SMILES string of the molecule is BrC1C=CI=CC1. The molecule has 1 unspecified atom stereocenters. The Labute approximate surface area is 61.9 Å². The Bertz CT molecular complexity index is 107. The summed E-state index contributed by atoms with van der Waals surface area (Å²) in [4.78, 5) is 0.640. The van der Waals surface area contributed by atoms with Gasteiger partial charge < -0.3 is 0 Å². The molecular weight excluding hydrogens is 267 g/mol. The second-order valence-corrected chi connectivity index (χ2v) is 4.85. The summed E-state index contributed by atoms with van der Waals surface area (Å²) in [6.45, 7) is 0. The highest BCUT2D eigenvalue weighted by molar-refractivity contribution is 14.2. The van der Waals surface area contributed by atoms with Gasteiger partial charge in [-0.2, -0.15) is 0 Å². The third-order valence-electron chi connectivity index (χ3n) is 0.758. The minimum absolute atomic E-state index is 0.352. The van der Waals surface area contributed by atoms with Gasteiger partial charge >= 0.3 is 0 Å². The highest BCUT2D eigenvalue weighted by Gasteiger charge is 1.95. The normalized spacial score (nSPS) is 29.6. The third-order valence-corrected chi connectivity index (χ3v) is 3.28. The molecule has 0 radical (unpaired) electrons. The number of alkyl halides is 1. The van der Waals surface area contributed by atoms with E-state index in [2.05, 4.69) is 30.1 Å². The van der Waals surface area contributed by atoms with Crippen LogP contribution >= 0.6 is 36.7 Å². The lowest BCUT2D eigenvalue weighted by Crippen LogP contribution is -1.92. The molecule has 40 valence electrons. The van der Waals surface area contributed by atoms with Crippen molar-refractivity contribution in [3.63, 3.8) is 0 Å². The van der Waals surface area contributed by atoms with Gasteiger partial charge in [0.25, 0.3) is 0 Å². The Balaban J connectivity index is 2.49. The smallest absolute Gasteiger partial charge is 0.0371 e. The molecule has 0 nitrogen and oxygen atoms in total. The van der Waals surface area contributed by atoms with Crippen LogP contribution in [0.25, 0.3) is 0 Å². The highest BCUT2D eigenvalue weighted by atomic mass is 127. The van der Waals surface area contributed by atoms with E-state index < -0.39 is 0 Å². The molecule has 0 N–H and O–H groups in total. The minimum Gasteiger partial charge on any atom is -0.0984 e. The second kappa shape index (κ2) is 2.97. The predicted molar refractivity (Wildman–Crippen MR) is 46.6 cm³/mol. The molecule has 0 aromatic rings. The van der Waals surface area contributed by atoms with E-state index in [0.29, 0.717) is 25.6 Å². The molecule has 1 atom stereocenters. The van der Waals surface area contributed by atoms with E-state index in [-0.39, 0.29) is 0 Å². The van der Waals surface area contributed by atoms with Gasteiger partial charge in [-0.1, -0.05) is 42.7 Å². The van der Waals surface area contributed by atoms with Crippen LogP contribution < -0.4 is 0 Å². The lowest BCUT2D eigenvalue weighted by Gasteiger charge is -1.99. The molecule has 0 fully saturated rings. The van der Waals surface area contributed by atoms with Crippen molar-refractivity contribution in [1.29, 1.82) is 0 Å². The van der Waals surface area contributed by atoms with Crippen molar-refractivity contribution in [1.82, 2.24) is 0 Å². The Morgan fingerprint density at radius 1 is 1.71 bits per heavy atom. The van der Waals surface area contributed by atoms with Gasteiger partial charge in [0.1, 0.15) is 0 Å². The molecule has 0 saturated heterocycles. The van der Waals surface area contributed by atoms with Crippen LogP contribution in [0, 0.1) is 0 Å². The fourth-order valence-corrected chi connectivity index (χ4v) is 3.87. The average Bonchev–Trinajstić information content (AvgIpc) is 1.69. The van der Waals surface area contributed by atoms with Crippen LogP contribution in [0.1, 0.15) is 6.42 Å². The molecule has 1 aliphatic rings. The van der Waals surface area contributed by atoms with Gasteiger partial charge in [-0.05, 0) is 14.5 Å². The van der Waals surface area contributed by atoms with E-state index in [1.165, 1.54) is 6.42 Å². The summed E-state index contributed by atoms with van der Waals surface area (Å²) in [5, 5.41) is 0. The van der Waals surface area contributed by atoms with Crippen molar-refractivity contribution >= 4 is 40.7 Å². The van der Waals surface area contributed by atoms with E-state index in [0.717, 1.165) is 0 Å². The van der Waals surface area contributed by atoms with Gasteiger partial charge in [-0.3, -0.25) is 0 Å². The number of hydrogen-bond acceptors (Lipinski definition) is 0. The van der Waals surface area contributed by atoms with E-state index >= 15 is 0 Å². The molecular formula is C5H6BrI. The molecule has 0 bridgehead atoms. The zero-order valence-electron chi connectivity index (χ0n) is 3.77. The summed E-state index contributed by atoms with van der Waals surface area (Å²) in [6, 6.07) is 0. The molecule has 0 aromatic heterocycles. The summed E-state index contributed by atoms with van der Waals surface area (Å²) in [6.07, 6.45) is 3.48. The van der Waals surface area contributed by atoms with Crippen molar-refractivity contribution in [2.45, 2.75) is 11.2 Å². The lowest BCUT2D eigenvalue weighted by molar-refractivity contribution is 1.18. The van der Waals surface area contributed by atoms with Gasteiger partial charge in [-0.15, -0.1) is 0 Å². The first-order valence-electron chi connectivity index (χ1n) is 2.14. The molecule has 0 amide bonds. The zero-order valence-corrected chi connectivity index (χ0v) is 7.52. The molecule has 1 rings (SSSR count). The highest BCUT2D eigenvalue weighted by Crippen LogP contribution is 2.14. The van der Waals surface area contributed by atoms with E-state index in [9.17, 15) is 0 Å². The summed E-state index contributed by atoms with van der Waals surface area (Å²) in [5.74, 6) is 0. The Morgan fingerprint density at radius 3 is 2.86 bits per heavy atom. The fraction of sp³-hybridized carbons (Fsp3) is 0.400. The van der Waals surface area contributed by atoms with Gasteiger partial charge in [0, 0.05) is 4.83 Å². The molecule has 0 saturated carbocycles. The minimum atomic E-state index is 0.352. The Morgan fingerprint density at radius 2 is 2.57 bits per heavy atom. The standard InChI is InChI=1S/C5H6BrI/c6-5-1-3-7-4-2-5/h1,3-5H,2H2. The van der Waals surface area contributed by atoms with Crippen LogP contribution in [-0.4, -0.2) is 8.84 Å². The summed E-state index contributed by atoms with van der Waals surface area (Å²) >= 11 is 3.84. The van der Waals surface area contributed by atoms with Crippen molar-refractivity contribution in [3.05, 3.63) is 10.2 Å². The van der Waals surface area contributed by atoms with E-state index in [4.69, 9.17) is 0 Å². The van der Waals surface area contributed by atoms with Crippen LogP contribution in [0.4, 0.5) is 0 Å². The maximum absolute atomic E-state index is 3.49. The molecule has 1 aliphatic heterocycles. The predicted octanol–water partition coefficient (Wildman–Crippen LogP) is 2.44. The average molecular weight is 273 g/mol. The maximum Gasteiger partial charge on any atom is 0.0371 e. The van der Waals surface area contributed by atoms with Gasteiger partial charge in [0.2, 0.25) is 0 Å². The van der Waals surface area contributed by atoms with Gasteiger partial charge in [0.05, 0.1) is 0 Å². The second-order valence-electron chi connectivity index (χ2n) is 1.35. The van der Waals surface area contributed by atoms with Gasteiger partial charge in [0.15, 0.2) is 0 Å².